The van der Waals surface area contributed by atoms with Crippen molar-refractivity contribution in [1.29, 1.82) is 0 Å². The van der Waals surface area contributed by atoms with E-state index in [0.29, 0.717) is 19.6 Å². The lowest BCUT2D eigenvalue weighted by Gasteiger charge is -2.56. The normalized spacial score (nSPS) is 39.9. The molecule has 8 fully saturated rings. The molecule has 38 heavy (non-hydrogen) atoms. The van der Waals surface area contributed by atoms with Gasteiger partial charge in [-0.05, 0) is 138 Å². The van der Waals surface area contributed by atoms with Crippen LogP contribution in [-0.2, 0) is 0 Å². The van der Waals surface area contributed by atoms with Gasteiger partial charge in [-0.2, -0.15) is 0 Å². The SMILES string of the molecule is O=C(NCCCN(CCO)CCCNC(=O)NC12CC3CC(CC(C3)C1)C2)NC12CC3CC(CC(C3)C1)C2. The molecule has 0 spiro atoms. The van der Waals surface area contributed by atoms with Crippen LogP contribution in [0.4, 0.5) is 9.59 Å². The van der Waals surface area contributed by atoms with Crippen molar-refractivity contribution in [3.8, 4) is 0 Å². The van der Waals surface area contributed by atoms with Gasteiger partial charge in [0.2, 0.25) is 0 Å². The molecule has 8 aliphatic carbocycles. The zero-order valence-electron chi connectivity index (χ0n) is 23.3. The molecule has 8 nitrogen and oxygen atoms in total. The number of urea groups is 2. The summed E-state index contributed by atoms with van der Waals surface area (Å²) in [6.45, 7) is 3.70. The van der Waals surface area contributed by atoms with Gasteiger partial charge >= 0.3 is 12.1 Å². The minimum absolute atomic E-state index is 0.00473. The maximum absolute atomic E-state index is 12.7. The van der Waals surface area contributed by atoms with E-state index in [4.69, 9.17) is 0 Å². The van der Waals surface area contributed by atoms with Crippen molar-refractivity contribution >= 4 is 12.1 Å². The Hall–Kier alpha value is -1.54. The third-order valence-corrected chi connectivity index (χ3v) is 11.1. The van der Waals surface area contributed by atoms with E-state index in [1.54, 1.807) is 0 Å². The van der Waals surface area contributed by atoms with Crippen LogP contribution in [-0.4, -0.2) is 72.5 Å². The van der Waals surface area contributed by atoms with Crippen LogP contribution in [0.15, 0.2) is 0 Å². The van der Waals surface area contributed by atoms with Crippen molar-refractivity contribution in [2.45, 2.75) is 101 Å². The van der Waals surface area contributed by atoms with E-state index in [2.05, 4.69) is 26.2 Å². The van der Waals surface area contributed by atoms with Crippen LogP contribution in [0.1, 0.15) is 89.9 Å². The lowest BCUT2D eigenvalue weighted by molar-refractivity contribution is -0.0138. The van der Waals surface area contributed by atoms with Gasteiger partial charge in [0.15, 0.2) is 0 Å². The van der Waals surface area contributed by atoms with E-state index >= 15 is 0 Å². The monoisotopic (exact) mass is 529 g/mol. The molecule has 0 aromatic rings. The quantitative estimate of drug-likeness (QED) is 0.249. The van der Waals surface area contributed by atoms with Gasteiger partial charge in [-0.25, -0.2) is 9.59 Å². The maximum atomic E-state index is 12.7. The number of nitrogens with one attached hydrogen (secondary N) is 4. The second-order valence-corrected chi connectivity index (χ2v) is 14.4. The molecular formula is C30H51N5O3. The van der Waals surface area contributed by atoms with E-state index in [9.17, 15) is 14.7 Å². The Morgan fingerprint density at radius 1 is 0.605 bits per heavy atom. The third kappa shape index (κ3) is 6.11. The number of aliphatic hydroxyl groups excluding tert-OH is 1. The topological polar surface area (TPSA) is 106 Å². The molecule has 0 heterocycles. The van der Waals surface area contributed by atoms with E-state index in [0.717, 1.165) is 61.4 Å². The molecule has 8 bridgehead atoms. The molecule has 8 heteroatoms. The number of carbonyl (C=O) groups is 2. The second kappa shape index (κ2) is 11.1. The van der Waals surface area contributed by atoms with Gasteiger partial charge in [0.05, 0.1) is 6.61 Å². The van der Waals surface area contributed by atoms with Crippen LogP contribution in [0, 0.1) is 35.5 Å². The molecule has 0 aromatic carbocycles. The van der Waals surface area contributed by atoms with E-state index < -0.39 is 0 Å². The number of carbonyl (C=O) groups excluding carboxylic acids is 2. The first-order valence-electron chi connectivity index (χ1n) is 15.9. The van der Waals surface area contributed by atoms with Crippen molar-refractivity contribution in [1.82, 2.24) is 26.2 Å². The molecule has 8 aliphatic rings. The first-order chi connectivity index (χ1) is 18.4. The molecule has 5 N–H and O–H groups in total. The minimum atomic E-state index is -0.00473. The average Bonchev–Trinajstić information content (AvgIpc) is 2.82. The molecular weight excluding hydrogens is 478 g/mol. The average molecular weight is 530 g/mol. The first kappa shape index (κ1) is 26.7. The molecule has 0 aromatic heterocycles. The molecule has 0 radical (unpaired) electrons. The summed E-state index contributed by atoms with van der Waals surface area (Å²) < 4.78 is 0. The fraction of sp³-hybridized carbons (Fsp3) is 0.933. The van der Waals surface area contributed by atoms with Gasteiger partial charge in [0.1, 0.15) is 0 Å². The summed E-state index contributed by atoms with van der Waals surface area (Å²) in [5.74, 6) is 4.95. The van der Waals surface area contributed by atoms with E-state index in [1.807, 2.05) is 0 Å². The zero-order valence-corrected chi connectivity index (χ0v) is 23.3. The number of rotatable bonds is 12. The molecule has 0 saturated heterocycles. The minimum Gasteiger partial charge on any atom is -0.395 e. The zero-order chi connectivity index (χ0) is 26.2. The molecule has 8 saturated carbocycles. The van der Waals surface area contributed by atoms with Crippen molar-refractivity contribution in [2.24, 2.45) is 35.5 Å². The predicted molar refractivity (Wildman–Crippen MR) is 148 cm³/mol. The van der Waals surface area contributed by atoms with Crippen molar-refractivity contribution < 1.29 is 14.7 Å². The Balaban J connectivity index is 0.851. The Kier molecular flexibility index (Phi) is 7.82. The van der Waals surface area contributed by atoms with Gasteiger partial charge in [-0.3, -0.25) is 0 Å². The Morgan fingerprint density at radius 2 is 0.947 bits per heavy atom. The van der Waals surface area contributed by atoms with Crippen LogP contribution < -0.4 is 21.3 Å². The molecule has 8 rings (SSSR count). The maximum Gasteiger partial charge on any atom is 0.315 e. The van der Waals surface area contributed by atoms with Gasteiger partial charge in [0, 0.05) is 30.7 Å². The molecule has 0 unspecified atom stereocenters. The largest absolute Gasteiger partial charge is 0.395 e. The highest BCUT2D eigenvalue weighted by Gasteiger charge is 2.52. The molecule has 4 amide bonds. The van der Waals surface area contributed by atoms with Gasteiger partial charge < -0.3 is 31.3 Å². The number of aliphatic hydroxyl groups is 1. The van der Waals surface area contributed by atoms with Crippen molar-refractivity contribution in [2.75, 3.05) is 39.3 Å². The van der Waals surface area contributed by atoms with Gasteiger partial charge in [-0.1, -0.05) is 0 Å². The van der Waals surface area contributed by atoms with Crippen LogP contribution in [0.3, 0.4) is 0 Å². The number of amides is 4. The predicted octanol–water partition coefficient (Wildman–Crippen LogP) is 3.60. The lowest BCUT2D eigenvalue weighted by atomic mass is 9.53. The highest BCUT2D eigenvalue weighted by molar-refractivity contribution is 5.75. The summed E-state index contributed by atoms with van der Waals surface area (Å²) in [7, 11) is 0. The summed E-state index contributed by atoms with van der Waals surface area (Å²) >= 11 is 0. The highest BCUT2D eigenvalue weighted by atomic mass is 16.3. The smallest absolute Gasteiger partial charge is 0.315 e. The van der Waals surface area contributed by atoms with Crippen molar-refractivity contribution in [3.05, 3.63) is 0 Å². The highest BCUT2D eigenvalue weighted by Crippen LogP contribution is 2.56. The summed E-state index contributed by atoms with van der Waals surface area (Å²) in [4.78, 5) is 27.6. The Bertz CT molecular complexity index is 726. The Labute approximate surface area is 228 Å². The second-order valence-electron chi connectivity index (χ2n) is 14.4. The van der Waals surface area contributed by atoms with Crippen LogP contribution >= 0.6 is 0 Å². The fourth-order valence-corrected chi connectivity index (χ4v) is 10.6. The van der Waals surface area contributed by atoms with E-state index in [1.165, 1.54) is 77.0 Å². The summed E-state index contributed by atoms with van der Waals surface area (Å²) in [6, 6.07) is -0.00946. The summed E-state index contributed by atoms with van der Waals surface area (Å²) in [5.41, 5.74) is 0.105. The summed E-state index contributed by atoms with van der Waals surface area (Å²) in [6.07, 6.45) is 17.0. The first-order valence-corrected chi connectivity index (χ1v) is 15.9. The Morgan fingerprint density at radius 3 is 1.26 bits per heavy atom. The standard InChI is InChI=1S/C30H51N5O3/c36-8-7-35(5-1-3-31-27(37)33-29-15-21-9-22(16-29)11-23(10-21)17-29)6-2-4-32-28(38)34-30-18-24-12-25(19-30)14-26(13-24)20-30/h21-26,36H,1-20H2,(H2,31,33,37)(H2,32,34,38). The molecule has 0 atom stereocenters. The lowest BCUT2D eigenvalue weighted by Crippen LogP contribution is -2.61. The number of hydrogen-bond donors (Lipinski definition) is 5. The van der Waals surface area contributed by atoms with Crippen molar-refractivity contribution in [3.63, 3.8) is 0 Å². The van der Waals surface area contributed by atoms with Crippen LogP contribution in [0.25, 0.3) is 0 Å². The van der Waals surface area contributed by atoms with Gasteiger partial charge in [-0.15, -0.1) is 0 Å². The number of nitrogens with zero attached hydrogens (tertiary/aromatic N) is 1. The number of hydrogen-bond acceptors (Lipinski definition) is 4. The molecule has 214 valence electrons. The third-order valence-electron chi connectivity index (χ3n) is 11.1. The fourth-order valence-electron chi connectivity index (χ4n) is 10.6. The van der Waals surface area contributed by atoms with Crippen LogP contribution in [0.2, 0.25) is 0 Å². The van der Waals surface area contributed by atoms with E-state index in [-0.39, 0.29) is 29.7 Å². The van der Waals surface area contributed by atoms with Gasteiger partial charge in [0.25, 0.3) is 0 Å². The summed E-state index contributed by atoms with van der Waals surface area (Å²) in [5, 5.41) is 22.5. The molecule has 0 aliphatic heterocycles. The van der Waals surface area contributed by atoms with Crippen LogP contribution in [0.5, 0.6) is 0 Å².